The van der Waals surface area contributed by atoms with Gasteiger partial charge in [0.25, 0.3) is 0 Å². The lowest BCUT2D eigenvalue weighted by atomic mass is 9.84. The van der Waals surface area contributed by atoms with Gasteiger partial charge in [-0.25, -0.2) is 14.6 Å². The van der Waals surface area contributed by atoms with Crippen LogP contribution in [0.15, 0.2) is 27.7 Å². The van der Waals surface area contributed by atoms with E-state index in [1.165, 1.54) is 30.2 Å². The molecule has 3 heterocycles. The molecular formula is C22H26N4O5S2. The molecule has 1 atom stereocenters. The van der Waals surface area contributed by atoms with E-state index in [1.54, 1.807) is 0 Å². The monoisotopic (exact) mass is 490 g/mol. The molecule has 1 aliphatic carbocycles. The van der Waals surface area contributed by atoms with Crippen LogP contribution in [-0.4, -0.2) is 38.6 Å². The molecule has 1 saturated carbocycles. The highest BCUT2D eigenvalue weighted by Crippen LogP contribution is 2.33. The molecule has 0 spiro atoms. The first-order chi connectivity index (χ1) is 16.0. The van der Waals surface area contributed by atoms with E-state index in [9.17, 15) is 19.5 Å². The number of hydrogen-bond donors (Lipinski definition) is 3. The molecule has 1 fully saturated rings. The van der Waals surface area contributed by atoms with Crippen LogP contribution in [0.4, 0.5) is 5.13 Å². The number of aromatic amines is 1. The van der Waals surface area contributed by atoms with Crippen molar-refractivity contribution in [2.24, 2.45) is 5.92 Å². The van der Waals surface area contributed by atoms with Crippen LogP contribution in [0.2, 0.25) is 0 Å². The zero-order valence-corrected chi connectivity index (χ0v) is 19.8. The zero-order valence-electron chi connectivity index (χ0n) is 18.2. The van der Waals surface area contributed by atoms with E-state index < -0.39 is 23.6 Å². The summed E-state index contributed by atoms with van der Waals surface area (Å²) in [6.07, 6.45) is 6.12. The van der Waals surface area contributed by atoms with Crippen molar-refractivity contribution in [3.63, 3.8) is 0 Å². The Bertz CT molecular complexity index is 1160. The van der Waals surface area contributed by atoms with Gasteiger partial charge in [0.1, 0.15) is 6.04 Å². The molecule has 0 aromatic carbocycles. The Hall–Kier alpha value is -2.92. The van der Waals surface area contributed by atoms with Crippen molar-refractivity contribution >= 4 is 39.7 Å². The summed E-state index contributed by atoms with van der Waals surface area (Å²) in [7, 11) is 1.26. The van der Waals surface area contributed by atoms with Crippen molar-refractivity contribution in [1.29, 1.82) is 0 Å². The number of methoxy groups -OCH3 is 1. The molecule has 0 saturated heterocycles. The van der Waals surface area contributed by atoms with E-state index in [1.807, 2.05) is 17.5 Å². The summed E-state index contributed by atoms with van der Waals surface area (Å²) in [5.74, 6) is -0.995. The number of carbonyl (C=O) groups excluding carboxylic acids is 2. The molecule has 1 amide bonds. The third kappa shape index (κ3) is 5.36. The van der Waals surface area contributed by atoms with E-state index in [4.69, 9.17) is 0 Å². The third-order valence-electron chi connectivity index (χ3n) is 5.93. The third-order valence-corrected chi connectivity index (χ3v) is 7.56. The second-order valence-corrected chi connectivity index (χ2v) is 10.0. The highest BCUT2D eigenvalue weighted by molar-refractivity contribution is 7.14. The van der Waals surface area contributed by atoms with Crippen molar-refractivity contribution in [1.82, 2.24) is 14.5 Å². The number of carbonyl (C=O) groups is 2. The Labute approximate surface area is 198 Å². The van der Waals surface area contributed by atoms with Crippen molar-refractivity contribution in [2.75, 3.05) is 12.4 Å². The molecule has 9 nitrogen and oxygen atoms in total. The number of ether oxygens (including phenoxy) is 1. The first kappa shape index (κ1) is 23.2. The zero-order chi connectivity index (χ0) is 23.4. The molecule has 0 unspecified atom stereocenters. The fraction of sp³-hybridized carbons (Fsp3) is 0.455. The quantitative estimate of drug-likeness (QED) is 0.411. The van der Waals surface area contributed by atoms with Crippen LogP contribution in [0.1, 0.15) is 65.6 Å². The normalized spacial score (nSPS) is 15.3. The molecule has 176 valence electrons. The number of imidazole rings is 1. The topological polar surface area (TPSA) is 126 Å². The first-order valence-corrected chi connectivity index (χ1v) is 12.6. The predicted octanol–water partition coefficient (Wildman–Crippen LogP) is 3.93. The largest absolute Gasteiger partial charge is 0.493 e. The molecule has 33 heavy (non-hydrogen) atoms. The minimum Gasteiger partial charge on any atom is -0.493 e. The lowest BCUT2D eigenvalue weighted by Crippen LogP contribution is -2.33. The van der Waals surface area contributed by atoms with Gasteiger partial charge in [-0.05, 0) is 23.8 Å². The maximum Gasteiger partial charge on any atom is 0.357 e. The number of amides is 1. The summed E-state index contributed by atoms with van der Waals surface area (Å²) in [6.45, 7) is 0. The molecular weight excluding hydrogens is 464 g/mol. The predicted molar refractivity (Wildman–Crippen MR) is 126 cm³/mol. The van der Waals surface area contributed by atoms with Crippen LogP contribution >= 0.6 is 22.7 Å². The summed E-state index contributed by atoms with van der Waals surface area (Å²) in [4.78, 5) is 45.7. The number of H-pyrrole nitrogens is 1. The number of aromatic nitrogens is 3. The van der Waals surface area contributed by atoms with Gasteiger partial charge in [-0.2, -0.15) is 0 Å². The summed E-state index contributed by atoms with van der Waals surface area (Å²) in [6, 6.07) is 2.93. The van der Waals surface area contributed by atoms with Gasteiger partial charge < -0.3 is 20.1 Å². The Morgan fingerprint density at radius 2 is 2.12 bits per heavy atom. The summed E-state index contributed by atoms with van der Waals surface area (Å²) < 4.78 is 5.81. The van der Waals surface area contributed by atoms with Gasteiger partial charge >= 0.3 is 11.7 Å². The molecule has 11 heteroatoms. The van der Waals surface area contributed by atoms with Crippen molar-refractivity contribution in [3.8, 4) is 5.88 Å². The number of thiophene rings is 1. The number of nitrogens with one attached hydrogen (secondary N) is 2. The standard InChI is InChI=1S/C22H26N4O5S2/c1-31-20(29)16-12-33-21(23-16)25-18(27)17(10-13-6-3-2-4-7-13)26-19(28)15(24-22(26)30)11-14-8-5-9-32-14/h5,8-9,12-13,17,28H,2-4,6-7,10-11H2,1H3,(H,24,30)(H,23,25,27)/t17-/m0/s1. The number of rotatable bonds is 8. The lowest BCUT2D eigenvalue weighted by Gasteiger charge is -2.26. The molecule has 0 radical (unpaired) electrons. The lowest BCUT2D eigenvalue weighted by molar-refractivity contribution is -0.120. The minimum absolute atomic E-state index is 0.0986. The van der Waals surface area contributed by atoms with Crippen LogP contribution < -0.4 is 11.0 Å². The number of esters is 1. The molecule has 3 aromatic heterocycles. The van der Waals surface area contributed by atoms with E-state index in [0.29, 0.717) is 18.5 Å². The molecule has 0 aliphatic heterocycles. The smallest absolute Gasteiger partial charge is 0.357 e. The minimum atomic E-state index is -0.903. The molecule has 1 aliphatic rings. The fourth-order valence-corrected chi connectivity index (χ4v) is 5.67. The summed E-state index contributed by atoms with van der Waals surface area (Å²) in [5.41, 5.74) is -0.0444. The number of nitrogens with zero attached hydrogens (tertiary/aromatic N) is 2. The van der Waals surface area contributed by atoms with Crippen LogP contribution in [-0.2, 0) is 16.0 Å². The van der Waals surface area contributed by atoms with Crippen LogP contribution in [0.3, 0.4) is 0 Å². The average molecular weight is 491 g/mol. The van der Waals surface area contributed by atoms with E-state index in [-0.39, 0.29) is 22.6 Å². The second kappa shape index (κ2) is 10.3. The van der Waals surface area contributed by atoms with E-state index in [0.717, 1.165) is 46.5 Å². The Kier molecular flexibility index (Phi) is 7.29. The van der Waals surface area contributed by atoms with Crippen LogP contribution in [0, 0.1) is 5.92 Å². The number of hydrogen-bond acceptors (Lipinski definition) is 8. The number of anilines is 1. The van der Waals surface area contributed by atoms with Gasteiger partial charge in [0.05, 0.1) is 12.8 Å². The highest BCUT2D eigenvalue weighted by atomic mass is 32.1. The van der Waals surface area contributed by atoms with Crippen LogP contribution in [0.25, 0.3) is 0 Å². The van der Waals surface area contributed by atoms with Crippen molar-refractivity contribution < 1.29 is 19.4 Å². The Morgan fingerprint density at radius 1 is 1.33 bits per heavy atom. The number of thiazole rings is 1. The summed E-state index contributed by atoms with van der Waals surface area (Å²) in [5, 5.41) is 17.3. The molecule has 3 N–H and O–H groups in total. The van der Waals surface area contributed by atoms with Crippen LogP contribution in [0.5, 0.6) is 5.88 Å². The van der Waals surface area contributed by atoms with E-state index >= 15 is 0 Å². The maximum absolute atomic E-state index is 13.3. The van der Waals surface area contributed by atoms with Gasteiger partial charge in [-0.1, -0.05) is 38.2 Å². The first-order valence-electron chi connectivity index (χ1n) is 10.9. The summed E-state index contributed by atoms with van der Waals surface area (Å²) >= 11 is 2.62. The second-order valence-electron chi connectivity index (χ2n) is 8.13. The molecule has 3 aromatic rings. The van der Waals surface area contributed by atoms with Gasteiger partial charge in [0.15, 0.2) is 10.8 Å². The molecule has 4 rings (SSSR count). The Balaban J connectivity index is 1.61. The van der Waals surface area contributed by atoms with Gasteiger partial charge in [-0.15, -0.1) is 22.7 Å². The molecule has 0 bridgehead atoms. The average Bonchev–Trinajstić information content (AvgIpc) is 3.55. The number of aromatic hydroxyl groups is 1. The van der Waals surface area contributed by atoms with E-state index in [2.05, 4.69) is 20.0 Å². The van der Waals surface area contributed by atoms with Gasteiger partial charge in [-0.3, -0.25) is 9.36 Å². The Morgan fingerprint density at radius 3 is 2.82 bits per heavy atom. The van der Waals surface area contributed by atoms with Crippen molar-refractivity contribution in [3.05, 3.63) is 49.6 Å². The SMILES string of the molecule is COC(=O)c1csc(NC(=O)[C@H](CC2CCCCC2)n2c(O)c(Cc3cccs3)[nH]c2=O)n1. The fourth-order valence-electron chi connectivity index (χ4n) is 4.27. The van der Waals surface area contributed by atoms with Gasteiger partial charge in [0.2, 0.25) is 11.8 Å². The van der Waals surface area contributed by atoms with Crippen molar-refractivity contribution in [2.45, 2.75) is 51.0 Å². The maximum atomic E-state index is 13.3. The van der Waals surface area contributed by atoms with Gasteiger partial charge in [0, 0.05) is 16.7 Å². The highest BCUT2D eigenvalue weighted by Gasteiger charge is 2.31.